The van der Waals surface area contributed by atoms with Crippen molar-refractivity contribution in [3.8, 4) is 0 Å². The molecule has 3 atom stereocenters. The number of aliphatic hydroxyl groups is 1. The van der Waals surface area contributed by atoms with E-state index in [2.05, 4.69) is 5.32 Å². The highest BCUT2D eigenvalue weighted by Gasteiger charge is 2.42. The summed E-state index contributed by atoms with van der Waals surface area (Å²) in [6, 6.07) is 6.25. The fourth-order valence-electron chi connectivity index (χ4n) is 4.05. The van der Waals surface area contributed by atoms with Gasteiger partial charge in [-0.1, -0.05) is 0 Å². The topological polar surface area (TPSA) is 99.2 Å². The predicted molar refractivity (Wildman–Crippen MR) is 91.7 cm³/mol. The number of carbonyl (C=O) groups is 3. The lowest BCUT2D eigenvalue weighted by molar-refractivity contribution is -0.117. The van der Waals surface area contributed by atoms with E-state index in [0.717, 1.165) is 12.8 Å². The van der Waals surface area contributed by atoms with Gasteiger partial charge < -0.3 is 14.7 Å². The summed E-state index contributed by atoms with van der Waals surface area (Å²) in [6.45, 7) is 1.13. The molecule has 2 aliphatic heterocycles. The van der Waals surface area contributed by atoms with Crippen molar-refractivity contribution >= 4 is 23.5 Å². The molecule has 0 aromatic heterocycles. The van der Waals surface area contributed by atoms with Gasteiger partial charge in [0.1, 0.15) is 6.54 Å². The van der Waals surface area contributed by atoms with Crippen LogP contribution < -0.4 is 10.2 Å². The normalized spacial score (nSPS) is 28.3. The molecule has 0 spiro atoms. The molecule has 4 rings (SSSR count). The molecule has 1 aliphatic carbocycles. The summed E-state index contributed by atoms with van der Waals surface area (Å²) >= 11 is 0. The zero-order chi connectivity index (χ0) is 18.3. The van der Waals surface area contributed by atoms with Crippen LogP contribution in [0.25, 0.3) is 0 Å². The Morgan fingerprint density at radius 2 is 2.00 bits per heavy atom. The highest BCUT2D eigenvalue weighted by atomic mass is 16.5. The van der Waals surface area contributed by atoms with Gasteiger partial charge in [-0.25, -0.2) is 4.79 Å². The van der Waals surface area contributed by atoms with E-state index < -0.39 is 6.03 Å². The number of amides is 4. The van der Waals surface area contributed by atoms with Crippen LogP contribution in [0, 0.1) is 5.92 Å². The molecule has 2 heterocycles. The molecule has 8 nitrogen and oxygen atoms in total. The van der Waals surface area contributed by atoms with Gasteiger partial charge in [-0.05, 0) is 43.0 Å². The van der Waals surface area contributed by atoms with Crippen LogP contribution in [0.2, 0.25) is 0 Å². The molecule has 2 N–H and O–H groups in total. The van der Waals surface area contributed by atoms with Gasteiger partial charge in [0, 0.05) is 24.4 Å². The quantitative estimate of drug-likeness (QED) is 0.759. The fourth-order valence-corrected chi connectivity index (χ4v) is 4.05. The first-order valence-electron chi connectivity index (χ1n) is 8.81. The lowest BCUT2D eigenvalue weighted by Gasteiger charge is -2.37. The molecule has 26 heavy (non-hydrogen) atoms. The Bertz CT molecular complexity index is 735. The summed E-state index contributed by atoms with van der Waals surface area (Å²) in [5.41, 5.74) is 1.11. The minimum atomic E-state index is -0.453. The predicted octanol–water partition coefficient (Wildman–Crippen LogP) is 0.355. The highest BCUT2D eigenvalue weighted by Crippen LogP contribution is 2.34. The van der Waals surface area contributed by atoms with Gasteiger partial charge in [-0.2, -0.15) is 0 Å². The zero-order valence-electron chi connectivity index (χ0n) is 14.3. The first kappa shape index (κ1) is 17.0. The Hall–Kier alpha value is -2.45. The van der Waals surface area contributed by atoms with Gasteiger partial charge in [0.2, 0.25) is 5.91 Å². The largest absolute Gasteiger partial charge is 0.396 e. The lowest BCUT2D eigenvalue weighted by atomic mass is 10.1. The molecule has 0 radical (unpaired) electrons. The number of benzene rings is 1. The molecule has 138 valence electrons. The molecule has 2 saturated heterocycles. The second kappa shape index (κ2) is 6.69. The number of ether oxygens (including phenoxy) is 1. The minimum absolute atomic E-state index is 0.00458. The van der Waals surface area contributed by atoms with E-state index in [1.54, 1.807) is 24.3 Å². The number of nitrogens with one attached hydrogen (secondary N) is 1. The summed E-state index contributed by atoms with van der Waals surface area (Å²) in [7, 11) is 0. The number of morpholine rings is 1. The molecule has 0 bridgehead atoms. The van der Waals surface area contributed by atoms with Crippen molar-refractivity contribution in [1.29, 1.82) is 0 Å². The number of fused-ring (bicyclic) bond motifs is 1. The van der Waals surface area contributed by atoms with Crippen molar-refractivity contribution in [2.75, 3.05) is 31.2 Å². The van der Waals surface area contributed by atoms with Crippen LogP contribution in [-0.2, 0) is 9.53 Å². The maximum absolute atomic E-state index is 12.9. The van der Waals surface area contributed by atoms with E-state index in [9.17, 15) is 19.5 Å². The van der Waals surface area contributed by atoms with Crippen LogP contribution in [0.4, 0.5) is 10.5 Å². The summed E-state index contributed by atoms with van der Waals surface area (Å²) in [5, 5.41) is 11.6. The van der Waals surface area contributed by atoms with Gasteiger partial charge in [-0.15, -0.1) is 0 Å². The van der Waals surface area contributed by atoms with Gasteiger partial charge >= 0.3 is 6.03 Å². The number of hydrogen-bond donors (Lipinski definition) is 2. The van der Waals surface area contributed by atoms with Crippen molar-refractivity contribution in [2.24, 2.45) is 5.92 Å². The monoisotopic (exact) mass is 359 g/mol. The first-order valence-corrected chi connectivity index (χ1v) is 8.81. The lowest BCUT2D eigenvalue weighted by Crippen LogP contribution is -2.51. The average molecular weight is 359 g/mol. The van der Waals surface area contributed by atoms with E-state index in [1.165, 1.54) is 4.90 Å². The maximum atomic E-state index is 12.9. The summed E-state index contributed by atoms with van der Waals surface area (Å²) < 4.78 is 5.77. The molecule has 3 fully saturated rings. The molecule has 8 heteroatoms. The van der Waals surface area contributed by atoms with Crippen LogP contribution in [0.15, 0.2) is 24.3 Å². The number of urea groups is 1. The van der Waals surface area contributed by atoms with E-state index in [0.29, 0.717) is 24.4 Å². The Morgan fingerprint density at radius 3 is 2.65 bits per heavy atom. The Morgan fingerprint density at radius 1 is 1.23 bits per heavy atom. The third kappa shape index (κ3) is 2.95. The van der Waals surface area contributed by atoms with Crippen LogP contribution in [0.1, 0.15) is 23.2 Å². The van der Waals surface area contributed by atoms with Crippen LogP contribution in [0.3, 0.4) is 0 Å². The van der Waals surface area contributed by atoms with E-state index >= 15 is 0 Å². The third-order valence-electron chi connectivity index (χ3n) is 5.37. The summed E-state index contributed by atoms with van der Waals surface area (Å²) in [6.07, 6.45) is 1.52. The molecule has 1 aromatic rings. The van der Waals surface area contributed by atoms with Crippen molar-refractivity contribution < 1.29 is 24.2 Å². The standard InChI is InChI=1S/C18H21N3O5/c22-10-11-7-14-15(8-11)26-6-5-20(14)17(24)12-1-3-13(4-2-12)21-9-16(23)19-18(21)25/h1-4,11,14-15,22H,5-10H2,(H,19,23,25)/t11-,14+,15?/m1/s1. The second-order valence-corrected chi connectivity index (χ2v) is 6.98. The number of anilines is 1. The fraction of sp³-hybridized carbons (Fsp3) is 0.500. The molecule has 1 aromatic carbocycles. The van der Waals surface area contributed by atoms with E-state index in [-0.39, 0.29) is 43.0 Å². The number of nitrogens with zero attached hydrogens (tertiary/aromatic N) is 2. The SMILES string of the molecule is O=C1CN(c2ccc(C(=O)N3CCOC4C[C@H](CO)C[C@@H]43)cc2)C(=O)N1. The Balaban J connectivity index is 1.49. The zero-order valence-corrected chi connectivity index (χ0v) is 14.3. The molecule has 4 amide bonds. The van der Waals surface area contributed by atoms with Crippen LogP contribution in [-0.4, -0.2) is 66.3 Å². The molecular weight excluding hydrogens is 338 g/mol. The van der Waals surface area contributed by atoms with Crippen molar-refractivity contribution in [3.05, 3.63) is 29.8 Å². The second-order valence-electron chi connectivity index (χ2n) is 6.98. The number of carbonyl (C=O) groups excluding carboxylic acids is 3. The van der Waals surface area contributed by atoms with Gasteiger partial charge in [0.15, 0.2) is 0 Å². The van der Waals surface area contributed by atoms with Crippen molar-refractivity contribution in [2.45, 2.75) is 25.0 Å². The summed E-state index contributed by atoms with van der Waals surface area (Å²) in [4.78, 5) is 39.2. The Kier molecular flexibility index (Phi) is 4.37. The van der Waals surface area contributed by atoms with Gasteiger partial charge in [-0.3, -0.25) is 19.8 Å². The highest BCUT2D eigenvalue weighted by molar-refractivity contribution is 6.12. The van der Waals surface area contributed by atoms with Crippen LogP contribution >= 0.6 is 0 Å². The molecule has 1 saturated carbocycles. The van der Waals surface area contributed by atoms with Crippen LogP contribution in [0.5, 0.6) is 0 Å². The maximum Gasteiger partial charge on any atom is 0.329 e. The number of rotatable bonds is 3. The number of aliphatic hydroxyl groups excluding tert-OH is 1. The number of imide groups is 1. The molecular formula is C18H21N3O5. The van der Waals surface area contributed by atoms with Gasteiger partial charge in [0.05, 0.1) is 18.8 Å². The van der Waals surface area contributed by atoms with E-state index in [4.69, 9.17) is 4.74 Å². The van der Waals surface area contributed by atoms with Crippen molar-refractivity contribution in [3.63, 3.8) is 0 Å². The third-order valence-corrected chi connectivity index (χ3v) is 5.37. The first-order chi connectivity index (χ1) is 12.6. The summed E-state index contributed by atoms with van der Waals surface area (Å²) in [5.74, 6) is -0.239. The van der Waals surface area contributed by atoms with Gasteiger partial charge in [0.25, 0.3) is 5.91 Å². The number of hydrogen-bond acceptors (Lipinski definition) is 5. The smallest absolute Gasteiger partial charge is 0.329 e. The Labute approximate surface area is 150 Å². The molecule has 3 aliphatic rings. The average Bonchev–Trinajstić information content (AvgIpc) is 3.23. The minimum Gasteiger partial charge on any atom is -0.396 e. The molecule has 1 unspecified atom stereocenters. The van der Waals surface area contributed by atoms with E-state index in [1.807, 2.05) is 4.90 Å². The van der Waals surface area contributed by atoms with Crippen molar-refractivity contribution in [1.82, 2.24) is 10.2 Å².